The van der Waals surface area contributed by atoms with Gasteiger partial charge in [-0.1, -0.05) is 18.2 Å². The molecule has 2 aromatic rings. The molecule has 0 radical (unpaired) electrons. The van der Waals surface area contributed by atoms with Gasteiger partial charge in [0.1, 0.15) is 5.75 Å². The van der Waals surface area contributed by atoms with E-state index in [1.807, 2.05) is 35.7 Å². The minimum atomic E-state index is -0.654. The van der Waals surface area contributed by atoms with Crippen molar-refractivity contribution in [1.82, 2.24) is 10.6 Å². The molecule has 6 heteroatoms. The van der Waals surface area contributed by atoms with Crippen LogP contribution in [0.5, 0.6) is 5.75 Å². The second kappa shape index (κ2) is 6.37. The van der Waals surface area contributed by atoms with Gasteiger partial charge in [-0.25, -0.2) is 0 Å². The molecular weight excluding hydrogens is 360 g/mol. The summed E-state index contributed by atoms with van der Waals surface area (Å²) < 4.78 is 6.35. The molecule has 4 atom stereocenters. The summed E-state index contributed by atoms with van der Waals surface area (Å²) >= 11 is 1.66. The number of thiophene rings is 1. The first-order valence-corrected chi connectivity index (χ1v) is 10.4. The van der Waals surface area contributed by atoms with E-state index in [1.165, 1.54) is 4.88 Å². The lowest BCUT2D eigenvalue weighted by Crippen LogP contribution is -2.66. The Hall–Kier alpha value is -2.34. The van der Waals surface area contributed by atoms with Crippen LogP contribution in [0.25, 0.3) is 0 Å². The number of carbonyl (C=O) groups is 2. The van der Waals surface area contributed by atoms with Crippen molar-refractivity contribution in [2.45, 2.75) is 38.0 Å². The van der Waals surface area contributed by atoms with Crippen LogP contribution >= 0.6 is 11.3 Å². The van der Waals surface area contributed by atoms with Gasteiger partial charge in [0, 0.05) is 23.1 Å². The van der Waals surface area contributed by atoms with Gasteiger partial charge >= 0.3 is 0 Å². The first-order valence-electron chi connectivity index (χ1n) is 9.55. The van der Waals surface area contributed by atoms with E-state index in [0.29, 0.717) is 24.3 Å². The largest absolute Gasteiger partial charge is 0.467 e. The minimum Gasteiger partial charge on any atom is -0.467 e. The van der Waals surface area contributed by atoms with Gasteiger partial charge in [0.05, 0.1) is 12.1 Å². The number of hydrogen-bond donors (Lipinski definition) is 2. The van der Waals surface area contributed by atoms with Crippen molar-refractivity contribution in [3.63, 3.8) is 0 Å². The Morgan fingerprint density at radius 1 is 1.26 bits per heavy atom. The molecule has 4 aliphatic rings. The molecule has 3 aliphatic carbocycles. The Morgan fingerprint density at radius 3 is 2.93 bits per heavy atom. The normalized spacial score (nSPS) is 31.1. The summed E-state index contributed by atoms with van der Waals surface area (Å²) in [7, 11) is 0. The average molecular weight is 382 g/mol. The van der Waals surface area contributed by atoms with Crippen molar-refractivity contribution in [2.75, 3.05) is 0 Å². The van der Waals surface area contributed by atoms with Gasteiger partial charge in [-0.05, 0) is 48.8 Å². The second-order valence-electron chi connectivity index (χ2n) is 7.82. The SMILES string of the molecule is O=C1N[C@@]2(C[C@@H]3CC[C@@H]2C[C@@H]3C(=O)NCc2cccs2)Oc2ccccc21. The van der Waals surface area contributed by atoms with E-state index in [0.717, 1.165) is 19.3 Å². The summed E-state index contributed by atoms with van der Waals surface area (Å²) in [6.45, 7) is 0.593. The third kappa shape index (κ3) is 2.83. The Balaban J connectivity index is 1.32. The molecule has 0 saturated heterocycles. The van der Waals surface area contributed by atoms with E-state index >= 15 is 0 Å². The number of carbonyl (C=O) groups excluding carboxylic acids is 2. The molecule has 1 aliphatic heterocycles. The number of para-hydroxylation sites is 1. The van der Waals surface area contributed by atoms with E-state index in [9.17, 15) is 9.59 Å². The third-order valence-corrected chi connectivity index (χ3v) is 7.20. The predicted octanol–water partition coefficient (Wildman–Crippen LogP) is 3.32. The van der Waals surface area contributed by atoms with Crippen LogP contribution in [-0.4, -0.2) is 17.5 Å². The standard InChI is InChI=1S/C21H22N2O3S/c24-19(22-12-15-4-3-9-27-15)17-10-14-8-7-13(17)11-21(14)23-20(25)16-5-1-2-6-18(16)26-21/h1-6,9,13-14,17H,7-8,10-12H2,(H,22,24)(H,23,25)/t13-,14+,17-,21-/m0/s1. The molecule has 2 heterocycles. The van der Waals surface area contributed by atoms with E-state index in [2.05, 4.69) is 10.6 Å². The molecule has 3 fully saturated rings. The van der Waals surface area contributed by atoms with Crippen LogP contribution in [-0.2, 0) is 11.3 Å². The first-order chi connectivity index (χ1) is 13.1. The number of fused-ring (bicyclic) bond motifs is 3. The molecule has 2 N–H and O–H groups in total. The fraction of sp³-hybridized carbons (Fsp3) is 0.429. The maximum Gasteiger partial charge on any atom is 0.258 e. The quantitative estimate of drug-likeness (QED) is 0.856. The zero-order valence-electron chi connectivity index (χ0n) is 14.9. The Bertz CT molecular complexity index is 881. The molecule has 2 bridgehead atoms. The lowest BCUT2D eigenvalue weighted by Gasteiger charge is -2.55. The van der Waals surface area contributed by atoms with Crippen LogP contribution in [0, 0.1) is 17.8 Å². The summed E-state index contributed by atoms with van der Waals surface area (Å²) in [6, 6.07) is 11.4. The molecule has 0 unspecified atom stereocenters. The molecule has 3 saturated carbocycles. The number of hydrogen-bond acceptors (Lipinski definition) is 4. The Morgan fingerprint density at radius 2 is 2.15 bits per heavy atom. The van der Waals surface area contributed by atoms with Crippen molar-refractivity contribution in [2.24, 2.45) is 17.8 Å². The number of ether oxygens (including phenoxy) is 1. The summed E-state index contributed by atoms with van der Waals surface area (Å²) in [5, 5.41) is 8.26. The predicted molar refractivity (Wildman–Crippen MR) is 102 cm³/mol. The molecule has 6 rings (SSSR count). The molecule has 1 aromatic carbocycles. The van der Waals surface area contributed by atoms with Gasteiger partial charge < -0.3 is 15.4 Å². The minimum absolute atomic E-state index is 0.00649. The van der Waals surface area contributed by atoms with Crippen LogP contribution < -0.4 is 15.4 Å². The van der Waals surface area contributed by atoms with Crippen molar-refractivity contribution in [3.05, 3.63) is 52.2 Å². The highest BCUT2D eigenvalue weighted by Gasteiger charge is 2.57. The lowest BCUT2D eigenvalue weighted by molar-refractivity contribution is -0.146. The van der Waals surface area contributed by atoms with Gasteiger partial charge in [0.25, 0.3) is 5.91 Å². The number of amides is 2. The molecule has 1 spiro atoms. The van der Waals surface area contributed by atoms with Gasteiger partial charge in [-0.3, -0.25) is 9.59 Å². The van der Waals surface area contributed by atoms with E-state index in [1.54, 1.807) is 17.4 Å². The first kappa shape index (κ1) is 16.8. The van der Waals surface area contributed by atoms with Crippen LogP contribution in [0.1, 0.15) is 40.9 Å². The summed E-state index contributed by atoms with van der Waals surface area (Å²) in [6.07, 6.45) is 3.48. The topological polar surface area (TPSA) is 67.4 Å². The zero-order chi connectivity index (χ0) is 18.4. The molecular formula is C21H22N2O3S. The van der Waals surface area contributed by atoms with Crippen LogP contribution in [0.2, 0.25) is 0 Å². The van der Waals surface area contributed by atoms with Gasteiger partial charge in [0.2, 0.25) is 5.91 Å². The van der Waals surface area contributed by atoms with Gasteiger partial charge in [0.15, 0.2) is 5.72 Å². The smallest absolute Gasteiger partial charge is 0.258 e. The Labute approximate surface area is 162 Å². The molecule has 5 nitrogen and oxygen atoms in total. The fourth-order valence-electron chi connectivity index (χ4n) is 5.00. The number of rotatable bonds is 3. The third-order valence-electron chi connectivity index (χ3n) is 6.32. The molecule has 140 valence electrons. The van der Waals surface area contributed by atoms with E-state index in [-0.39, 0.29) is 29.6 Å². The van der Waals surface area contributed by atoms with Crippen molar-refractivity contribution in [1.29, 1.82) is 0 Å². The average Bonchev–Trinajstić information content (AvgIpc) is 3.20. The second-order valence-corrected chi connectivity index (χ2v) is 8.85. The van der Waals surface area contributed by atoms with E-state index in [4.69, 9.17) is 4.74 Å². The highest BCUT2D eigenvalue weighted by atomic mass is 32.1. The summed E-state index contributed by atoms with van der Waals surface area (Å²) in [5.74, 6) is 1.14. The molecule has 2 amide bonds. The van der Waals surface area contributed by atoms with Crippen LogP contribution in [0.4, 0.5) is 0 Å². The molecule has 1 aromatic heterocycles. The highest BCUT2D eigenvalue weighted by molar-refractivity contribution is 7.09. The van der Waals surface area contributed by atoms with Gasteiger partial charge in [-0.2, -0.15) is 0 Å². The number of nitrogens with one attached hydrogen (secondary N) is 2. The maximum atomic E-state index is 12.8. The van der Waals surface area contributed by atoms with Crippen molar-refractivity contribution in [3.8, 4) is 5.75 Å². The van der Waals surface area contributed by atoms with E-state index < -0.39 is 5.72 Å². The number of benzene rings is 1. The Kier molecular flexibility index (Phi) is 3.97. The van der Waals surface area contributed by atoms with Crippen molar-refractivity contribution < 1.29 is 14.3 Å². The van der Waals surface area contributed by atoms with Crippen molar-refractivity contribution >= 4 is 23.2 Å². The lowest BCUT2D eigenvalue weighted by atomic mass is 9.60. The fourth-order valence-corrected chi connectivity index (χ4v) is 5.64. The zero-order valence-corrected chi connectivity index (χ0v) is 15.8. The maximum absolute atomic E-state index is 12.8. The summed E-state index contributed by atoms with van der Waals surface area (Å²) in [4.78, 5) is 26.6. The van der Waals surface area contributed by atoms with Gasteiger partial charge in [-0.15, -0.1) is 11.3 Å². The highest BCUT2D eigenvalue weighted by Crippen LogP contribution is 2.52. The summed E-state index contributed by atoms with van der Waals surface area (Å²) in [5.41, 5.74) is -0.0615. The van der Waals surface area contributed by atoms with Crippen LogP contribution in [0.15, 0.2) is 41.8 Å². The monoisotopic (exact) mass is 382 g/mol. The molecule has 27 heavy (non-hydrogen) atoms. The van der Waals surface area contributed by atoms with Crippen LogP contribution in [0.3, 0.4) is 0 Å².